The normalized spacial score (nSPS) is 21.4. The molecule has 0 aromatic heterocycles. The molecule has 0 unspecified atom stereocenters. The Morgan fingerprint density at radius 1 is 1.64 bits per heavy atom. The van der Waals surface area contributed by atoms with Gasteiger partial charge in [0.2, 0.25) is 5.91 Å². The van der Waals surface area contributed by atoms with E-state index in [2.05, 4.69) is 5.32 Å². The van der Waals surface area contributed by atoms with Gasteiger partial charge in [-0.05, 0) is 18.1 Å². The van der Waals surface area contributed by atoms with Crippen molar-refractivity contribution in [3.63, 3.8) is 0 Å². The molecule has 5 nitrogen and oxygen atoms in total. The van der Waals surface area contributed by atoms with Gasteiger partial charge in [-0.3, -0.25) is 16.3 Å². The number of hydrogen-bond donors (Lipinski definition) is 3. The Hall–Kier alpha value is -0.720. The van der Waals surface area contributed by atoms with Gasteiger partial charge in [0, 0.05) is 6.54 Å². The Bertz CT molecular complexity index is 264. The molecule has 0 atom stereocenters. The zero-order chi connectivity index (χ0) is 10.9. The predicted molar refractivity (Wildman–Crippen MR) is 58.0 cm³/mol. The number of nitrogens with two attached hydrogens (primary N) is 2. The molecule has 0 bridgehead atoms. The Morgan fingerprint density at radius 2 is 2.21 bits per heavy atom. The molecule has 14 heavy (non-hydrogen) atoms. The molecule has 1 rings (SSSR count). The average Bonchev–Trinajstić information content (AvgIpc) is 1.95. The van der Waals surface area contributed by atoms with Crippen molar-refractivity contribution >= 4 is 23.2 Å². The van der Waals surface area contributed by atoms with Gasteiger partial charge in [0.05, 0.1) is 6.42 Å². The van der Waals surface area contributed by atoms with Crippen molar-refractivity contribution < 1.29 is 4.79 Å². The minimum absolute atomic E-state index is 0.0693. The van der Waals surface area contributed by atoms with E-state index in [9.17, 15) is 4.79 Å². The Labute approximate surface area is 88.8 Å². The van der Waals surface area contributed by atoms with E-state index in [4.69, 9.17) is 23.7 Å². The fourth-order valence-electron chi connectivity index (χ4n) is 1.39. The van der Waals surface area contributed by atoms with Crippen molar-refractivity contribution in [3.8, 4) is 0 Å². The number of nitrogens with one attached hydrogen (secondary N) is 1. The van der Waals surface area contributed by atoms with Gasteiger partial charge in [0.15, 0.2) is 10.9 Å². The summed E-state index contributed by atoms with van der Waals surface area (Å²) in [6, 6.07) is 0. The number of carbonyl (C=O) groups is 1. The van der Waals surface area contributed by atoms with Crippen LogP contribution in [-0.4, -0.2) is 28.3 Å². The van der Waals surface area contributed by atoms with Crippen LogP contribution in [0.4, 0.5) is 0 Å². The lowest BCUT2D eigenvalue weighted by Gasteiger charge is -2.43. The maximum absolute atomic E-state index is 11.1. The van der Waals surface area contributed by atoms with Crippen molar-refractivity contribution in [2.24, 2.45) is 17.4 Å². The first-order valence-electron chi connectivity index (χ1n) is 4.52. The highest BCUT2D eigenvalue weighted by atomic mass is 32.1. The van der Waals surface area contributed by atoms with Gasteiger partial charge in [-0.15, -0.1) is 0 Å². The summed E-state index contributed by atoms with van der Waals surface area (Å²) in [6.45, 7) is 4.72. The SMILES string of the molecule is CC(C)CN1C(=S)NC(=O)CC1(N)N. The molecule has 1 heterocycles. The minimum Gasteiger partial charge on any atom is -0.318 e. The molecule has 1 saturated heterocycles. The molecule has 0 radical (unpaired) electrons. The lowest BCUT2D eigenvalue weighted by atomic mass is 10.1. The fraction of sp³-hybridized carbons (Fsp3) is 0.750. The summed E-state index contributed by atoms with van der Waals surface area (Å²) >= 11 is 5.01. The average molecular weight is 216 g/mol. The van der Waals surface area contributed by atoms with E-state index >= 15 is 0 Å². The van der Waals surface area contributed by atoms with E-state index in [1.165, 1.54) is 0 Å². The standard InChI is InChI=1S/C8H16N4OS/c1-5(2)4-12-7(14)11-6(13)3-8(12,9)10/h5H,3-4,9-10H2,1-2H3,(H,11,13,14). The summed E-state index contributed by atoms with van der Waals surface area (Å²) in [5, 5.41) is 2.87. The van der Waals surface area contributed by atoms with Crippen LogP contribution in [0.1, 0.15) is 20.3 Å². The maximum atomic E-state index is 11.1. The van der Waals surface area contributed by atoms with Crippen LogP contribution in [0.25, 0.3) is 0 Å². The molecule has 0 saturated carbocycles. The second-order valence-electron chi connectivity index (χ2n) is 4.03. The summed E-state index contributed by atoms with van der Waals surface area (Å²) in [6.07, 6.45) is 0.0693. The molecule has 80 valence electrons. The van der Waals surface area contributed by atoms with Gasteiger partial charge in [-0.25, -0.2) is 0 Å². The number of thiocarbonyl (C=S) groups is 1. The van der Waals surface area contributed by atoms with E-state index in [1.54, 1.807) is 4.90 Å². The second kappa shape index (κ2) is 3.80. The molecule has 0 spiro atoms. The van der Waals surface area contributed by atoms with E-state index < -0.39 is 5.79 Å². The fourth-order valence-corrected chi connectivity index (χ4v) is 1.75. The Kier molecular flexibility index (Phi) is 3.08. The van der Waals surface area contributed by atoms with Crippen LogP contribution in [0.2, 0.25) is 0 Å². The molecule has 1 fully saturated rings. The van der Waals surface area contributed by atoms with Gasteiger partial charge >= 0.3 is 0 Å². The first-order valence-corrected chi connectivity index (χ1v) is 4.93. The highest BCUT2D eigenvalue weighted by molar-refractivity contribution is 7.80. The lowest BCUT2D eigenvalue weighted by molar-refractivity contribution is -0.124. The van der Waals surface area contributed by atoms with Crippen LogP contribution < -0.4 is 16.8 Å². The molecular weight excluding hydrogens is 200 g/mol. The van der Waals surface area contributed by atoms with E-state index in [0.29, 0.717) is 17.6 Å². The predicted octanol–water partition coefficient (Wildman–Crippen LogP) is -0.680. The number of hydrogen-bond acceptors (Lipinski definition) is 4. The highest BCUT2D eigenvalue weighted by Crippen LogP contribution is 2.14. The van der Waals surface area contributed by atoms with Crippen molar-refractivity contribution in [1.82, 2.24) is 10.2 Å². The monoisotopic (exact) mass is 216 g/mol. The summed E-state index contributed by atoms with van der Waals surface area (Å²) in [5.41, 5.74) is 11.6. The highest BCUT2D eigenvalue weighted by Gasteiger charge is 2.37. The molecule has 1 aliphatic rings. The third kappa shape index (κ3) is 2.40. The molecule has 0 aromatic carbocycles. The Morgan fingerprint density at radius 3 is 2.64 bits per heavy atom. The second-order valence-corrected chi connectivity index (χ2v) is 4.41. The van der Waals surface area contributed by atoms with Gasteiger partial charge in [0.25, 0.3) is 0 Å². The number of nitrogens with zero attached hydrogens (tertiary/aromatic N) is 1. The van der Waals surface area contributed by atoms with Crippen LogP contribution in [0.3, 0.4) is 0 Å². The molecule has 6 heteroatoms. The van der Waals surface area contributed by atoms with Gasteiger partial charge in [-0.1, -0.05) is 13.8 Å². The van der Waals surface area contributed by atoms with Gasteiger partial charge in [0.1, 0.15) is 0 Å². The summed E-state index contributed by atoms with van der Waals surface area (Å²) in [5.74, 6) is -0.988. The molecule has 0 aliphatic carbocycles. The third-order valence-electron chi connectivity index (χ3n) is 1.99. The van der Waals surface area contributed by atoms with Crippen LogP contribution >= 0.6 is 12.2 Å². The maximum Gasteiger partial charge on any atom is 0.231 e. The quantitative estimate of drug-likeness (QED) is 0.421. The zero-order valence-corrected chi connectivity index (χ0v) is 9.23. The third-order valence-corrected chi connectivity index (χ3v) is 2.31. The first kappa shape index (κ1) is 11.4. The summed E-state index contributed by atoms with van der Waals surface area (Å²) in [7, 11) is 0. The molecule has 1 aliphatic heterocycles. The lowest BCUT2D eigenvalue weighted by Crippen LogP contribution is -2.72. The van der Waals surface area contributed by atoms with Crippen LogP contribution in [0, 0.1) is 5.92 Å². The van der Waals surface area contributed by atoms with Crippen molar-refractivity contribution in [2.45, 2.75) is 26.1 Å². The number of rotatable bonds is 2. The van der Waals surface area contributed by atoms with Crippen molar-refractivity contribution in [1.29, 1.82) is 0 Å². The van der Waals surface area contributed by atoms with E-state index in [0.717, 1.165) is 0 Å². The summed E-state index contributed by atoms with van der Waals surface area (Å²) < 4.78 is 0. The van der Waals surface area contributed by atoms with Gasteiger partial charge in [-0.2, -0.15) is 0 Å². The minimum atomic E-state index is -1.15. The van der Waals surface area contributed by atoms with Crippen LogP contribution in [-0.2, 0) is 4.79 Å². The molecule has 0 aromatic rings. The van der Waals surface area contributed by atoms with Gasteiger partial charge < -0.3 is 10.2 Å². The molecular formula is C8H16N4OS. The van der Waals surface area contributed by atoms with Crippen molar-refractivity contribution in [2.75, 3.05) is 6.54 Å². The largest absolute Gasteiger partial charge is 0.318 e. The van der Waals surface area contributed by atoms with E-state index in [1.807, 2.05) is 13.8 Å². The van der Waals surface area contributed by atoms with Crippen LogP contribution in [0.5, 0.6) is 0 Å². The summed E-state index contributed by atoms with van der Waals surface area (Å²) in [4.78, 5) is 12.8. The van der Waals surface area contributed by atoms with Crippen molar-refractivity contribution in [3.05, 3.63) is 0 Å². The number of carbonyl (C=O) groups excluding carboxylic acids is 1. The molecule has 5 N–H and O–H groups in total. The van der Waals surface area contributed by atoms with E-state index in [-0.39, 0.29) is 12.3 Å². The number of amides is 1. The van der Waals surface area contributed by atoms with Crippen LogP contribution in [0.15, 0.2) is 0 Å². The smallest absolute Gasteiger partial charge is 0.231 e. The molecule has 1 amide bonds. The zero-order valence-electron chi connectivity index (χ0n) is 8.41. The topological polar surface area (TPSA) is 84.4 Å². The Balaban J connectivity index is 2.80. The first-order chi connectivity index (χ1) is 6.33.